The molecule has 2 aromatic rings. The highest BCUT2D eigenvalue weighted by Crippen LogP contribution is 2.34. The van der Waals surface area contributed by atoms with Gasteiger partial charge in [-0.1, -0.05) is 41.4 Å². The second kappa shape index (κ2) is 6.11. The molecule has 1 aliphatic heterocycles. The van der Waals surface area contributed by atoms with E-state index in [2.05, 4.69) is 0 Å². The Kier molecular flexibility index (Phi) is 4.19. The molecule has 114 valence electrons. The van der Waals surface area contributed by atoms with E-state index in [-0.39, 0.29) is 5.91 Å². The predicted octanol–water partition coefficient (Wildman–Crippen LogP) is 3.66. The highest BCUT2D eigenvalue weighted by molar-refractivity contribution is 6.30. The van der Waals surface area contributed by atoms with E-state index < -0.39 is 6.10 Å². The third kappa shape index (κ3) is 3.01. The molecule has 0 spiro atoms. The van der Waals surface area contributed by atoms with E-state index >= 15 is 0 Å². The van der Waals surface area contributed by atoms with Gasteiger partial charge in [-0.25, -0.2) is 0 Å². The molecule has 0 radical (unpaired) electrons. The summed E-state index contributed by atoms with van der Waals surface area (Å²) in [6, 6.07) is 13.2. The normalized spacial score (nSPS) is 17.2. The Labute approximate surface area is 135 Å². The van der Waals surface area contributed by atoms with Crippen LogP contribution in [-0.4, -0.2) is 17.6 Å². The molecule has 0 saturated heterocycles. The summed E-state index contributed by atoms with van der Waals surface area (Å²) in [6.07, 6.45) is 0.415. The molecule has 1 heterocycles. The molecule has 1 aliphatic rings. The summed E-state index contributed by atoms with van der Waals surface area (Å²) >= 11 is 5.87. The SMILES string of the molecule is Cc1ccc2c(c1)C(O)CCN2C(=O)Cc1ccc(Cl)cc1. The fourth-order valence-corrected chi connectivity index (χ4v) is 2.97. The summed E-state index contributed by atoms with van der Waals surface area (Å²) in [5, 5.41) is 10.8. The lowest BCUT2D eigenvalue weighted by molar-refractivity contribution is -0.118. The third-order valence-corrected chi connectivity index (χ3v) is 4.28. The molecule has 1 atom stereocenters. The van der Waals surface area contributed by atoms with E-state index in [1.807, 2.05) is 37.3 Å². The lowest BCUT2D eigenvalue weighted by atomic mass is 9.96. The molecule has 2 aromatic carbocycles. The van der Waals surface area contributed by atoms with E-state index in [9.17, 15) is 9.90 Å². The van der Waals surface area contributed by atoms with E-state index in [1.165, 1.54) is 0 Å². The number of rotatable bonds is 2. The summed E-state index contributed by atoms with van der Waals surface area (Å²) in [4.78, 5) is 14.4. The van der Waals surface area contributed by atoms with E-state index in [0.717, 1.165) is 22.4 Å². The van der Waals surface area contributed by atoms with Crippen LogP contribution in [0.1, 0.15) is 29.2 Å². The van der Waals surface area contributed by atoms with Gasteiger partial charge in [0.05, 0.1) is 12.5 Å². The van der Waals surface area contributed by atoms with Crippen LogP contribution in [0.25, 0.3) is 0 Å². The number of hydrogen-bond donors (Lipinski definition) is 1. The maximum atomic E-state index is 12.6. The number of aliphatic hydroxyl groups is 1. The number of anilines is 1. The van der Waals surface area contributed by atoms with Crippen LogP contribution in [0.2, 0.25) is 5.02 Å². The molecule has 4 heteroatoms. The van der Waals surface area contributed by atoms with Gasteiger partial charge in [0.25, 0.3) is 0 Å². The second-order valence-electron chi connectivity index (χ2n) is 5.72. The number of amides is 1. The minimum absolute atomic E-state index is 0.0410. The van der Waals surface area contributed by atoms with Crippen molar-refractivity contribution in [2.75, 3.05) is 11.4 Å². The van der Waals surface area contributed by atoms with Gasteiger partial charge in [-0.3, -0.25) is 4.79 Å². The number of carbonyl (C=O) groups excluding carboxylic acids is 1. The highest BCUT2D eigenvalue weighted by atomic mass is 35.5. The standard InChI is InChI=1S/C18H18ClNO2/c1-12-2-7-16-15(10-12)17(21)8-9-20(16)18(22)11-13-3-5-14(19)6-4-13/h2-7,10,17,21H,8-9,11H2,1H3. The van der Waals surface area contributed by atoms with Crippen LogP contribution in [-0.2, 0) is 11.2 Å². The molecular weight excluding hydrogens is 298 g/mol. The molecule has 0 aliphatic carbocycles. The molecule has 3 nitrogen and oxygen atoms in total. The first-order chi connectivity index (χ1) is 10.5. The van der Waals surface area contributed by atoms with Crippen LogP contribution in [0.3, 0.4) is 0 Å². The minimum Gasteiger partial charge on any atom is -0.388 e. The monoisotopic (exact) mass is 315 g/mol. The Morgan fingerprint density at radius 3 is 2.73 bits per heavy atom. The van der Waals surface area contributed by atoms with Crippen molar-refractivity contribution >= 4 is 23.2 Å². The first-order valence-electron chi connectivity index (χ1n) is 7.38. The highest BCUT2D eigenvalue weighted by Gasteiger charge is 2.27. The number of nitrogens with zero attached hydrogens (tertiary/aromatic N) is 1. The number of halogens is 1. The molecule has 22 heavy (non-hydrogen) atoms. The number of aryl methyl sites for hydroxylation is 1. The molecule has 1 amide bonds. The Bertz CT molecular complexity index is 697. The van der Waals surface area contributed by atoms with Crippen LogP contribution in [0.4, 0.5) is 5.69 Å². The van der Waals surface area contributed by atoms with Crippen LogP contribution in [0.5, 0.6) is 0 Å². The fourth-order valence-electron chi connectivity index (χ4n) is 2.85. The number of fused-ring (bicyclic) bond motifs is 1. The van der Waals surface area contributed by atoms with Crippen molar-refractivity contribution in [1.82, 2.24) is 0 Å². The number of hydrogen-bond acceptors (Lipinski definition) is 2. The first kappa shape index (κ1) is 15.1. The van der Waals surface area contributed by atoms with Gasteiger partial charge in [0.1, 0.15) is 0 Å². The number of aliphatic hydroxyl groups excluding tert-OH is 1. The molecule has 1 N–H and O–H groups in total. The van der Waals surface area contributed by atoms with Crippen LogP contribution < -0.4 is 4.90 Å². The summed E-state index contributed by atoms with van der Waals surface area (Å²) in [6.45, 7) is 2.53. The average molecular weight is 316 g/mol. The van der Waals surface area contributed by atoms with Crippen LogP contribution >= 0.6 is 11.6 Å². The lowest BCUT2D eigenvalue weighted by Gasteiger charge is -2.32. The lowest BCUT2D eigenvalue weighted by Crippen LogP contribution is -2.37. The molecule has 0 bridgehead atoms. The van der Waals surface area contributed by atoms with Crippen molar-refractivity contribution in [3.05, 3.63) is 64.2 Å². The van der Waals surface area contributed by atoms with Crippen molar-refractivity contribution in [2.45, 2.75) is 25.9 Å². The van der Waals surface area contributed by atoms with Crippen molar-refractivity contribution < 1.29 is 9.90 Å². The molecule has 1 unspecified atom stereocenters. The van der Waals surface area contributed by atoms with Gasteiger partial charge in [0, 0.05) is 22.8 Å². The minimum atomic E-state index is -0.491. The van der Waals surface area contributed by atoms with Gasteiger partial charge in [0.2, 0.25) is 5.91 Å². The second-order valence-corrected chi connectivity index (χ2v) is 6.15. The summed E-state index contributed by atoms with van der Waals surface area (Å²) in [7, 11) is 0. The Morgan fingerprint density at radius 2 is 2.00 bits per heavy atom. The van der Waals surface area contributed by atoms with E-state index in [4.69, 9.17) is 11.6 Å². The predicted molar refractivity (Wildman–Crippen MR) is 88.3 cm³/mol. The summed E-state index contributed by atoms with van der Waals surface area (Å²) in [5.74, 6) is 0.0410. The Balaban J connectivity index is 1.85. The average Bonchev–Trinajstić information content (AvgIpc) is 2.50. The number of benzene rings is 2. The molecule has 0 aromatic heterocycles. The van der Waals surface area contributed by atoms with Gasteiger partial charge in [-0.05, 0) is 37.1 Å². The third-order valence-electron chi connectivity index (χ3n) is 4.03. The summed E-state index contributed by atoms with van der Waals surface area (Å²) < 4.78 is 0. The van der Waals surface area contributed by atoms with Gasteiger partial charge in [0.15, 0.2) is 0 Å². The first-order valence-corrected chi connectivity index (χ1v) is 7.76. The van der Waals surface area contributed by atoms with E-state index in [0.29, 0.717) is 24.4 Å². The number of carbonyl (C=O) groups is 1. The molecule has 0 saturated carbocycles. The zero-order chi connectivity index (χ0) is 15.7. The zero-order valence-corrected chi connectivity index (χ0v) is 13.2. The molecule has 3 rings (SSSR count). The quantitative estimate of drug-likeness (QED) is 0.918. The molecule has 0 fully saturated rings. The van der Waals surface area contributed by atoms with Crippen LogP contribution in [0, 0.1) is 6.92 Å². The molecular formula is C18H18ClNO2. The van der Waals surface area contributed by atoms with Gasteiger partial charge < -0.3 is 10.0 Å². The smallest absolute Gasteiger partial charge is 0.231 e. The van der Waals surface area contributed by atoms with Crippen LogP contribution in [0.15, 0.2) is 42.5 Å². The van der Waals surface area contributed by atoms with E-state index in [1.54, 1.807) is 17.0 Å². The van der Waals surface area contributed by atoms with Crippen molar-refractivity contribution in [1.29, 1.82) is 0 Å². The summed E-state index contributed by atoms with van der Waals surface area (Å²) in [5.41, 5.74) is 3.69. The fraction of sp³-hybridized carbons (Fsp3) is 0.278. The zero-order valence-electron chi connectivity index (χ0n) is 12.4. The Hall–Kier alpha value is -1.84. The van der Waals surface area contributed by atoms with Crippen molar-refractivity contribution in [2.24, 2.45) is 0 Å². The van der Waals surface area contributed by atoms with Crippen molar-refractivity contribution in [3.8, 4) is 0 Å². The maximum Gasteiger partial charge on any atom is 0.231 e. The van der Waals surface area contributed by atoms with Gasteiger partial charge in [-0.15, -0.1) is 0 Å². The maximum absolute atomic E-state index is 12.6. The van der Waals surface area contributed by atoms with Gasteiger partial charge in [-0.2, -0.15) is 0 Å². The largest absolute Gasteiger partial charge is 0.388 e. The van der Waals surface area contributed by atoms with Crippen molar-refractivity contribution in [3.63, 3.8) is 0 Å². The Morgan fingerprint density at radius 1 is 1.27 bits per heavy atom. The van der Waals surface area contributed by atoms with Gasteiger partial charge >= 0.3 is 0 Å². The topological polar surface area (TPSA) is 40.5 Å².